The Labute approximate surface area is 70.0 Å². The van der Waals surface area contributed by atoms with E-state index in [-0.39, 0.29) is 0 Å². The van der Waals surface area contributed by atoms with Gasteiger partial charge >= 0.3 is 0 Å². The third-order valence-corrected chi connectivity index (χ3v) is 2.48. The van der Waals surface area contributed by atoms with Crippen molar-refractivity contribution in [3.8, 4) is 0 Å². The number of rotatable bonds is 1. The van der Waals surface area contributed by atoms with Crippen molar-refractivity contribution in [1.29, 1.82) is 0 Å². The van der Waals surface area contributed by atoms with E-state index in [9.17, 15) is 0 Å². The summed E-state index contributed by atoms with van der Waals surface area (Å²) in [6.07, 6.45) is 3.69. The second-order valence-corrected chi connectivity index (χ2v) is 3.36. The van der Waals surface area contributed by atoms with E-state index in [0.717, 1.165) is 18.7 Å². The molecule has 1 fully saturated rings. The van der Waals surface area contributed by atoms with Gasteiger partial charge < -0.3 is 0 Å². The molecule has 1 unspecified atom stereocenters. The van der Waals surface area contributed by atoms with Crippen LogP contribution in [-0.2, 0) is 0 Å². The lowest BCUT2D eigenvalue weighted by molar-refractivity contribution is 0.396. The molecule has 1 aromatic rings. The van der Waals surface area contributed by atoms with Crippen molar-refractivity contribution in [2.45, 2.75) is 25.3 Å². The lowest BCUT2D eigenvalue weighted by atomic mass is 10.0. The predicted molar refractivity (Wildman–Crippen MR) is 43.5 cm³/mol. The van der Waals surface area contributed by atoms with Gasteiger partial charge in [0, 0.05) is 11.9 Å². The Balaban J connectivity index is 2.04. The molecule has 1 saturated heterocycles. The van der Waals surface area contributed by atoms with E-state index in [1.54, 1.807) is 0 Å². The van der Waals surface area contributed by atoms with Gasteiger partial charge in [0.15, 0.2) is 0 Å². The summed E-state index contributed by atoms with van der Waals surface area (Å²) in [5.41, 5.74) is 1.06. The first kappa shape index (κ1) is 7.18. The normalized spacial score (nSPS) is 25.3. The van der Waals surface area contributed by atoms with Crippen LogP contribution >= 0.6 is 11.5 Å². The maximum atomic E-state index is 4.48. The van der Waals surface area contributed by atoms with Crippen molar-refractivity contribution in [3.63, 3.8) is 0 Å². The molecule has 1 radical (unpaired) electrons. The molecule has 11 heavy (non-hydrogen) atoms. The van der Waals surface area contributed by atoms with Crippen LogP contribution in [0.2, 0.25) is 0 Å². The number of piperidine rings is 1. The summed E-state index contributed by atoms with van der Waals surface area (Å²) < 4.78 is 3.83. The Morgan fingerprint density at radius 1 is 1.45 bits per heavy atom. The van der Waals surface area contributed by atoms with Crippen molar-refractivity contribution < 1.29 is 0 Å². The second kappa shape index (κ2) is 3.28. The summed E-state index contributed by atoms with van der Waals surface area (Å²) in [4.78, 5) is 0. The first-order chi connectivity index (χ1) is 5.47. The van der Waals surface area contributed by atoms with Crippen LogP contribution in [0.25, 0.3) is 0 Å². The maximum Gasteiger partial charge on any atom is 0.0941 e. The van der Waals surface area contributed by atoms with Gasteiger partial charge in [-0.1, -0.05) is 10.9 Å². The Morgan fingerprint density at radius 3 is 3.09 bits per heavy atom. The highest BCUT2D eigenvalue weighted by atomic mass is 32.1. The lowest BCUT2D eigenvalue weighted by Crippen LogP contribution is -2.20. The van der Waals surface area contributed by atoms with Gasteiger partial charge in [0.25, 0.3) is 0 Å². The van der Waals surface area contributed by atoms with Crippen molar-refractivity contribution in [1.82, 2.24) is 14.9 Å². The Kier molecular flexibility index (Phi) is 2.14. The van der Waals surface area contributed by atoms with Crippen LogP contribution in [0, 0.1) is 0 Å². The van der Waals surface area contributed by atoms with Crippen molar-refractivity contribution >= 4 is 11.5 Å². The largest absolute Gasteiger partial charge is 0.232 e. The molecule has 3 nitrogen and oxygen atoms in total. The van der Waals surface area contributed by atoms with E-state index < -0.39 is 0 Å². The van der Waals surface area contributed by atoms with Gasteiger partial charge in [0.1, 0.15) is 0 Å². The molecule has 4 heteroatoms. The third-order valence-electron chi connectivity index (χ3n) is 1.95. The number of hydrogen-bond donors (Lipinski definition) is 0. The van der Waals surface area contributed by atoms with Crippen LogP contribution in [0.1, 0.15) is 31.0 Å². The highest BCUT2D eigenvalue weighted by Crippen LogP contribution is 2.22. The van der Waals surface area contributed by atoms with Crippen molar-refractivity contribution in [2.75, 3.05) is 6.54 Å². The smallest absolute Gasteiger partial charge is 0.0941 e. The molecule has 2 rings (SSSR count). The van der Waals surface area contributed by atoms with Crippen LogP contribution in [-0.4, -0.2) is 16.1 Å². The van der Waals surface area contributed by atoms with Crippen LogP contribution in [0.5, 0.6) is 0 Å². The molecule has 0 aromatic carbocycles. The molecular formula is C7H10N3S. The van der Waals surface area contributed by atoms with Gasteiger partial charge in [-0.25, -0.2) is 5.32 Å². The average Bonchev–Trinajstić information content (AvgIpc) is 2.58. The molecule has 1 aliphatic rings. The first-order valence-electron chi connectivity index (χ1n) is 3.90. The monoisotopic (exact) mass is 168 g/mol. The topological polar surface area (TPSA) is 39.9 Å². The second-order valence-electron chi connectivity index (χ2n) is 2.75. The van der Waals surface area contributed by atoms with Crippen LogP contribution in [0.15, 0.2) is 5.38 Å². The van der Waals surface area contributed by atoms with Gasteiger partial charge in [0.2, 0.25) is 0 Å². The zero-order valence-corrected chi connectivity index (χ0v) is 7.05. The molecule has 0 amide bonds. The zero-order valence-electron chi connectivity index (χ0n) is 6.23. The molecule has 1 atom stereocenters. The molecule has 0 saturated carbocycles. The minimum absolute atomic E-state index is 0.350. The molecule has 0 aliphatic carbocycles. The summed E-state index contributed by atoms with van der Waals surface area (Å²) in [6.45, 7) is 1.00. The van der Waals surface area contributed by atoms with E-state index in [2.05, 4.69) is 14.9 Å². The molecular weight excluding hydrogens is 158 g/mol. The van der Waals surface area contributed by atoms with Crippen LogP contribution < -0.4 is 5.32 Å². The van der Waals surface area contributed by atoms with Gasteiger partial charge in [-0.2, -0.15) is 0 Å². The number of nitrogens with zero attached hydrogens (tertiary/aromatic N) is 3. The summed E-state index contributed by atoms with van der Waals surface area (Å²) in [5.74, 6) is 0. The van der Waals surface area contributed by atoms with Crippen molar-refractivity contribution in [3.05, 3.63) is 11.1 Å². The molecule has 0 N–H and O–H groups in total. The molecule has 2 heterocycles. The highest BCUT2D eigenvalue weighted by molar-refractivity contribution is 7.03. The van der Waals surface area contributed by atoms with Crippen LogP contribution in [0.4, 0.5) is 0 Å². The van der Waals surface area contributed by atoms with Crippen molar-refractivity contribution in [2.24, 2.45) is 0 Å². The summed E-state index contributed by atoms with van der Waals surface area (Å²) in [6, 6.07) is 0.350. The fourth-order valence-corrected chi connectivity index (χ4v) is 1.85. The predicted octanol–water partition coefficient (Wildman–Crippen LogP) is 1.37. The van der Waals surface area contributed by atoms with E-state index in [0.29, 0.717) is 6.04 Å². The molecule has 59 valence electrons. The van der Waals surface area contributed by atoms with Gasteiger partial charge in [-0.3, -0.25) is 0 Å². The Bertz CT molecular complexity index is 203. The lowest BCUT2D eigenvalue weighted by Gasteiger charge is -2.18. The Hall–Kier alpha value is -0.480. The zero-order chi connectivity index (χ0) is 7.52. The number of aromatic nitrogens is 2. The van der Waals surface area contributed by atoms with E-state index in [1.807, 2.05) is 5.38 Å². The highest BCUT2D eigenvalue weighted by Gasteiger charge is 2.17. The standard InChI is InChI=1S/C7H10N3S/c1-2-4-8-6(3-1)7-5-11-10-9-7/h5-6H,1-4H2. The van der Waals surface area contributed by atoms with Gasteiger partial charge in [0.05, 0.1) is 11.7 Å². The van der Waals surface area contributed by atoms with Gasteiger partial charge in [-0.05, 0) is 24.4 Å². The van der Waals surface area contributed by atoms with E-state index in [4.69, 9.17) is 0 Å². The molecule has 1 aliphatic heterocycles. The van der Waals surface area contributed by atoms with E-state index in [1.165, 1.54) is 24.4 Å². The Morgan fingerprint density at radius 2 is 2.45 bits per heavy atom. The van der Waals surface area contributed by atoms with E-state index >= 15 is 0 Å². The van der Waals surface area contributed by atoms with Gasteiger partial charge in [-0.15, -0.1) is 5.10 Å². The quantitative estimate of drug-likeness (QED) is 0.635. The van der Waals surface area contributed by atoms with Crippen LogP contribution in [0.3, 0.4) is 0 Å². The average molecular weight is 168 g/mol. The summed E-state index contributed by atoms with van der Waals surface area (Å²) >= 11 is 1.41. The maximum absolute atomic E-state index is 4.48. The summed E-state index contributed by atoms with van der Waals surface area (Å²) in [5, 5.41) is 10.5. The fourth-order valence-electron chi connectivity index (χ4n) is 1.35. The fraction of sp³-hybridized carbons (Fsp3) is 0.714. The third kappa shape index (κ3) is 1.57. The minimum atomic E-state index is 0.350. The molecule has 0 bridgehead atoms. The SMILES string of the molecule is c1snnc1C1CCCC[N]1. The molecule has 0 spiro atoms. The number of hydrogen-bond acceptors (Lipinski definition) is 3. The minimum Gasteiger partial charge on any atom is -0.232 e. The summed E-state index contributed by atoms with van der Waals surface area (Å²) in [7, 11) is 0. The first-order valence-corrected chi connectivity index (χ1v) is 4.74. The molecule has 1 aromatic heterocycles.